The molecule has 3 heterocycles. The maximum Gasteiger partial charge on any atom is 0.349 e. The molecule has 0 spiro atoms. The van der Waals surface area contributed by atoms with Gasteiger partial charge in [0.1, 0.15) is 17.1 Å². The molecule has 2 aromatic heterocycles. The van der Waals surface area contributed by atoms with Crippen LogP contribution in [0.2, 0.25) is 0 Å². The lowest BCUT2D eigenvalue weighted by atomic mass is 10.1. The molecule has 0 fully saturated rings. The molecule has 0 saturated carbocycles. The van der Waals surface area contributed by atoms with Crippen molar-refractivity contribution in [2.45, 2.75) is 6.92 Å². The number of rotatable bonds is 2. The molecule has 4 rings (SSSR count). The lowest BCUT2D eigenvalue weighted by Crippen LogP contribution is -2.16. The van der Waals surface area contributed by atoms with E-state index in [1.165, 1.54) is 0 Å². The Labute approximate surface area is 143 Å². The Balaban J connectivity index is 1.93. The van der Waals surface area contributed by atoms with Crippen molar-refractivity contribution in [1.82, 2.24) is 9.55 Å². The van der Waals surface area contributed by atoms with Crippen LogP contribution >= 0.6 is 0 Å². The molecule has 0 aliphatic carbocycles. The zero-order valence-corrected chi connectivity index (χ0v) is 14.0. The molecule has 1 aliphatic heterocycles. The summed E-state index contributed by atoms with van der Waals surface area (Å²) in [6.45, 7) is 1.77. The molecule has 0 radical (unpaired) electrons. The number of fused-ring (bicyclic) bond motifs is 2. The highest BCUT2D eigenvalue weighted by molar-refractivity contribution is 6.07. The molecule has 1 N–H and O–H groups in total. The van der Waals surface area contributed by atoms with Crippen molar-refractivity contribution in [2.24, 2.45) is 7.05 Å². The quantitative estimate of drug-likeness (QED) is 0.730. The van der Waals surface area contributed by atoms with Crippen molar-refractivity contribution in [2.75, 3.05) is 7.11 Å². The largest absolute Gasteiger partial charge is 0.497 e. The fourth-order valence-corrected chi connectivity index (χ4v) is 3.18. The number of hydrogen-bond donors (Lipinski definition) is 1. The number of benzene rings is 1. The molecule has 3 aromatic rings. The van der Waals surface area contributed by atoms with Crippen molar-refractivity contribution in [1.29, 1.82) is 0 Å². The Morgan fingerprint density at radius 2 is 2.04 bits per heavy atom. The molecule has 0 unspecified atom stereocenters. The Morgan fingerprint density at radius 3 is 2.80 bits per heavy atom. The maximum absolute atomic E-state index is 12.1. The molecule has 0 amide bonds. The third-order valence-electron chi connectivity index (χ3n) is 4.35. The van der Waals surface area contributed by atoms with E-state index in [1.54, 1.807) is 26.2 Å². The minimum absolute atomic E-state index is 0.0506. The van der Waals surface area contributed by atoms with Gasteiger partial charge < -0.3 is 19.0 Å². The molecule has 1 aromatic carbocycles. The number of cyclic esters (lactones) is 1. The molecule has 0 saturated heterocycles. The van der Waals surface area contributed by atoms with Crippen LogP contribution in [0.25, 0.3) is 22.7 Å². The van der Waals surface area contributed by atoms with Gasteiger partial charge in [-0.1, -0.05) is 0 Å². The van der Waals surface area contributed by atoms with Crippen LogP contribution in [-0.2, 0) is 11.8 Å². The summed E-state index contributed by atoms with van der Waals surface area (Å²) in [4.78, 5) is 26.7. The highest BCUT2D eigenvalue weighted by Crippen LogP contribution is 2.33. The zero-order valence-electron chi connectivity index (χ0n) is 14.0. The van der Waals surface area contributed by atoms with Crippen LogP contribution in [0, 0.1) is 6.92 Å². The van der Waals surface area contributed by atoms with Gasteiger partial charge in [-0.25, -0.2) is 4.79 Å². The van der Waals surface area contributed by atoms with Gasteiger partial charge in [0.25, 0.3) is 5.56 Å². The number of aryl methyl sites for hydroxylation is 2. The van der Waals surface area contributed by atoms with Crippen LogP contribution in [-0.4, -0.2) is 22.6 Å². The second-order valence-corrected chi connectivity index (χ2v) is 6.05. The average Bonchev–Trinajstić information content (AvgIpc) is 3.05. The van der Waals surface area contributed by atoms with Gasteiger partial charge in [-0.15, -0.1) is 0 Å². The molecule has 6 heteroatoms. The molecule has 6 nitrogen and oxygen atoms in total. The number of aromatic amines is 1. The second-order valence-electron chi connectivity index (χ2n) is 6.05. The summed E-state index contributed by atoms with van der Waals surface area (Å²) in [5.41, 5.74) is 2.72. The fourth-order valence-electron chi connectivity index (χ4n) is 3.18. The van der Waals surface area contributed by atoms with Gasteiger partial charge in [0, 0.05) is 41.0 Å². The van der Waals surface area contributed by atoms with Crippen LogP contribution < -0.4 is 10.3 Å². The summed E-state index contributed by atoms with van der Waals surface area (Å²) >= 11 is 0. The van der Waals surface area contributed by atoms with E-state index in [4.69, 9.17) is 9.47 Å². The Bertz CT molecular complexity index is 1120. The third kappa shape index (κ3) is 2.34. The number of nitrogens with one attached hydrogen (secondary N) is 1. The molecule has 0 bridgehead atoms. The predicted molar refractivity (Wildman–Crippen MR) is 94.6 cm³/mol. The molecule has 0 atom stereocenters. The minimum Gasteiger partial charge on any atom is -0.497 e. The lowest BCUT2D eigenvalue weighted by molar-refractivity contribution is 0.0715. The highest BCUT2D eigenvalue weighted by atomic mass is 16.5. The maximum atomic E-state index is 12.1. The van der Waals surface area contributed by atoms with Gasteiger partial charge in [0.2, 0.25) is 0 Å². The van der Waals surface area contributed by atoms with E-state index >= 15 is 0 Å². The topological polar surface area (TPSA) is 73.3 Å². The first-order chi connectivity index (χ1) is 12.0. The number of carbonyl (C=O) groups is 1. The minimum atomic E-state index is -0.625. The van der Waals surface area contributed by atoms with Crippen LogP contribution in [0.1, 0.15) is 27.2 Å². The van der Waals surface area contributed by atoms with E-state index in [-0.39, 0.29) is 5.56 Å². The number of H-pyrrole nitrogens is 1. The summed E-state index contributed by atoms with van der Waals surface area (Å²) in [5.74, 6) is 0.499. The van der Waals surface area contributed by atoms with Crippen LogP contribution in [0.3, 0.4) is 0 Å². The number of methoxy groups -OCH3 is 1. The second kappa shape index (κ2) is 5.37. The summed E-state index contributed by atoms with van der Waals surface area (Å²) in [6.07, 6.45) is 3.73. The first-order valence-electron chi connectivity index (χ1n) is 7.79. The monoisotopic (exact) mass is 336 g/mol. The summed E-state index contributed by atoms with van der Waals surface area (Å²) in [6, 6.07) is 7.55. The van der Waals surface area contributed by atoms with Crippen LogP contribution in [0.5, 0.6) is 5.75 Å². The molecular weight excluding hydrogens is 320 g/mol. The van der Waals surface area contributed by atoms with Gasteiger partial charge in [-0.05, 0) is 37.3 Å². The number of hydrogen-bond acceptors (Lipinski definition) is 4. The molecular formula is C19H16N2O4. The first-order valence-corrected chi connectivity index (χ1v) is 7.79. The standard InChI is InChI=1S/C19H16N2O4/c1-10-6-14-16(25-19(23)17(14)18(22)20-10)7-11-9-21(2)15-5-4-12(24-3)8-13(11)15/h4-9H,1-3H3,(H,20,22)/b16-7-. The van der Waals surface area contributed by atoms with Crippen molar-refractivity contribution < 1.29 is 14.3 Å². The van der Waals surface area contributed by atoms with E-state index in [0.29, 0.717) is 17.0 Å². The van der Waals surface area contributed by atoms with Gasteiger partial charge in [0.15, 0.2) is 0 Å². The fraction of sp³-hybridized carbons (Fsp3) is 0.158. The van der Waals surface area contributed by atoms with Crippen molar-refractivity contribution in [3.63, 3.8) is 0 Å². The number of carbonyl (C=O) groups excluding carboxylic acids is 1. The highest BCUT2D eigenvalue weighted by Gasteiger charge is 2.30. The zero-order chi connectivity index (χ0) is 17.7. The van der Waals surface area contributed by atoms with Crippen molar-refractivity contribution in [3.8, 4) is 5.75 Å². The van der Waals surface area contributed by atoms with Crippen molar-refractivity contribution >= 4 is 28.7 Å². The smallest absolute Gasteiger partial charge is 0.349 e. The number of nitrogens with zero attached hydrogens (tertiary/aromatic N) is 1. The molecule has 1 aliphatic rings. The molecule has 25 heavy (non-hydrogen) atoms. The summed E-state index contributed by atoms with van der Waals surface area (Å²) in [7, 11) is 3.56. The van der Waals surface area contributed by atoms with Crippen LogP contribution in [0.4, 0.5) is 0 Å². The van der Waals surface area contributed by atoms with E-state index in [9.17, 15) is 9.59 Å². The average molecular weight is 336 g/mol. The van der Waals surface area contributed by atoms with Gasteiger partial charge in [-0.3, -0.25) is 4.79 Å². The lowest BCUT2D eigenvalue weighted by Gasteiger charge is -2.02. The summed E-state index contributed by atoms with van der Waals surface area (Å²) in [5, 5.41) is 0.973. The van der Waals surface area contributed by atoms with Gasteiger partial charge in [-0.2, -0.15) is 0 Å². The van der Waals surface area contributed by atoms with E-state index in [2.05, 4.69) is 4.98 Å². The van der Waals surface area contributed by atoms with E-state index in [1.807, 2.05) is 36.0 Å². The predicted octanol–water partition coefficient (Wildman–Crippen LogP) is 2.85. The summed E-state index contributed by atoms with van der Waals surface area (Å²) < 4.78 is 12.6. The first kappa shape index (κ1) is 15.3. The normalized spacial score (nSPS) is 14.8. The Kier molecular flexibility index (Phi) is 3.28. The van der Waals surface area contributed by atoms with E-state index < -0.39 is 11.5 Å². The van der Waals surface area contributed by atoms with E-state index in [0.717, 1.165) is 22.2 Å². The molecule has 126 valence electrons. The Hall–Kier alpha value is -3.28. The number of pyridine rings is 1. The van der Waals surface area contributed by atoms with Crippen LogP contribution in [0.15, 0.2) is 35.3 Å². The van der Waals surface area contributed by atoms with Crippen molar-refractivity contribution in [3.05, 3.63) is 63.2 Å². The Morgan fingerprint density at radius 1 is 1.24 bits per heavy atom. The number of aromatic nitrogens is 2. The third-order valence-corrected chi connectivity index (χ3v) is 4.35. The SMILES string of the molecule is COc1ccc2c(c1)c(/C=C1\OC(=O)c3c1cc(C)[nH]c3=O)cn2C. The van der Waals surface area contributed by atoms with Gasteiger partial charge in [0.05, 0.1) is 7.11 Å². The van der Waals surface area contributed by atoms with Gasteiger partial charge >= 0.3 is 5.97 Å². The number of ether oxygens (including phenoxy) is 2. The number of esters is 1.